The monoisotopic (exact) mass is 276 g/mol. The molecule has 0 radical (unpaired) electrons. The molecule has 1 aromatic carbocycles. The van der Waals surface area contributed by atoms with Crippen molar-refractivity contribution in [2.45, 2.75) is 33.7 Å². The molecule has 110 valence electrons. The summed E-state index contributed by atoms with van der Waals surface area (Å²) < 4.78 is 0. The van der Waals surface area contributed by atoms with Crippen LogP contribution in [-0.2, 0) is 4.79 Å². The van der Waals surface area contributed by atoms with E-state index in [1.165, 1.54) is 5.56 Å². The number of likely N-dealkylation sites (N-methyl/N-ethyl adjacent to an activating group) is 2. The second-order valence-corrected chi connectivity index (χ2v) is 5.21. The van der Waals surface area contributed by atoms with Crippen molar-refractivity contribution in [1.82, 2.24) is 10.2 Å². The number of nitrogens with zero attached hydrogens (tertiary/aromatic N) is 1. The molecule has 1 amide bonds. The lowest BCUT2D eigenvalue weighted by atomic mass is 10.00. The highest BCUT2D eigenvalue weighted by Crippen LogP contribution is 2.13. The standard InChI is InChI=1S/C16H24N2O2/c1-6-17-15(19)10-18(5)13(4)16(20)14-8-7-11(2)12(3)9-14/h7-9,13H,6,10H2,1-5H3,(H,17,19). The molecule has 1 unspecified atom stereocenters. The summed E-state index contributed by atoms with van der Waals surface area (Å²) in [5, 5.41) is 2.73. The third-order valence-electron chi connectivity index (χ3n) is 3.60. The molecule has 0 spiro atoms. The van der Waals surface area contributed by atoms with E-state index in [1.807, 2.05) is 45.9 Å². The van der Waals surface area contributed by atoms with E-state index in [-0.39, 0.29) is 24.3 Å². The summed E-state index contributed by atoms with van der Waals surface area (Å²) in [6, 6.07) is 5.40. The maximum absolute atomic E-state index is 12.4. The molecule has 0 aliphatic rings. The van der Waals surface area contributed by atoms with Crippen LogP contribution in [0.5, 0.6) is 0 Å². The fraction of sp³-hybridized carbons (Fsp3) is 0.500. The van der Waals surface area contributed by atoms with E-state index in [0.29, 0.717) is 12.1 Å². The van der Waals surface area contributed by atoms with Crippen LogP contribution >= 0.6 is 0 Å². The van der Waals surface area contributed by atoms with Crippen LogP contribution in [-0.4, -0.2) is 42.8 Å². The third-order valence-corrected chi connectivity index (χ3v) is 3.60. The normalized spacial score (nSPS) is 12.3. The summed E-state index contributed by atoms with van der Waals surface area (Å²) in [7, 11) is 1.79. The molecule has 0 saturated heterocycles. The van der Waals surface area contributed by atoms with Crippen molar-refractivity contribution >= 4 is 11.7 Å². The van der Waals surface area contributed by atoms with E-state index >= 15 is 0 Å². The summed E-state index contributed by atoms with van der Waals surface area (Å²) in [4.78, 5) is 25.7. The minimum atomic E-state index is -0.320. The molecule has 0 aromatic heterocycles. The van der Waals surface area contributed by atoms with Crippen LogP contribution in [0.2, 0.25) is 0 Å². The van der Waals surface area contributed by atoms with Crippen LogP contribution in [0.1, 0.15) is 35.3 Å². The van der Waals surface area contributed by atoms with E-state index in [0.717, 1.165) is 5.56 Å². The fourth-order valence-electron chi connectivity index (χ4n) is 1.95. The van der Waals surface area contributed by atoms with Gasteiger partial charge in [0, 0.05) is 12.1 Å². The molecule has 20 heavy (non-hydrogen) atoms. The van der Waals surface area contributed by atoms with E-state index in [1.54, 1.807) is 11.9 Å². The Morgan fingerprint density at radius 1 is 1.25 bits per heavy atom. The molecule has 4 nitrogen and oxygen atoms in total. The average molecular weight is 276 g/mol. The second-order valence-electron chi connectivity index (χ2n) is 5.21. The van der Waals surface area contributed by atoms with Crippen LogP contribution in [0.25, 0.3) is 0 Å². The lowest BCUT2D eigenvalue weighted by molar-refractivity contribution is -0.122. The quantitative estimate of drug-likeness (QED) is 0.808. The van der Waals surface area contributed by atoms with Gasteiger partial charge in [0.1, 0.15) is 0 Å². The predicted octanol–water partition coefficient (Wildman–Crippen LogP) is 1.94. The summed E-state index contributed by atoms with van der Waals surface area (Å²) in [6.45, 7) is 8.56. The van der Waals surface area contributed by atoms with Crippen LogP contribution in [0, 0.1) is 13.8 Å². The smallest absolute Gasteiger partial charge is 0.234 e. The fourth-order valence-corrected chi connectivity index (χ4v) is 1.95. The Morgan fingerprint density at radius 3 is 2.45 bits per heavy atom. The summed E-state index contributed by atoms with van der Waals surface area (Å²) >= 11 is 0. The first-order chi connectivity index (χ1) is 9.36. The summed E-state index contributed by atoms with van der Waals surface area (Å²) in [6.07, 6.45) is 0. The van der Waals surface area contributed by atoms with Gasteiger partial charge in [0.2, 0.25) is 5.91 Å². The lowest BCUT2D eigenvalue weighted by Crippen LogP contribution is -2.42. The second kappa shape index (κ2) is 7.20. The Kier molecular flexibility index (Phi) is 5.89. The Labute approximate surface area is 121 Å². The Morgan fingerprint density at radius 2 is 1.90 bits per heavy atom. The van der Waals surface area contributed by atoms with E-state index in [9.17, 15) is 9.59 Å². The first kappa shape index (κ1) is 16.4. The van der Waals surface area contributed by atoms with Gasteiger partial charge in [-0.25, -0.2) is 0 Å². The van der Waals surface area contributed by atoms with Crippen molar-refractivity contribution in [2.75, 3.05) is 20.1 Å². The zero-order chi connectivity index (χ0) is 15.3. The molecule has 0 heterocycles. The van der Waals surface area contributed by atoms with Crippen molar-refractivity contribution in [2.24, 2.45) is 0 Å². The number of Topliss-reactive ketones (excluding diaryl/α,β-unsaturated/α-hetero) is 1. The molecule has 0 aliphatic heterocycles. The van der Waals surface area contributed by atoms with Crippen LogP contribution < -0.4 is 5.32 Å². The van der Waals surface area contributed by atoms with Gasteiger partial charge in [-0.15, -0.1) is 0 Å². The summed E-state index contributed by atoms with van der Waals surface area (Å²) in [5.74, 6) is -0.0189. The van der Waals surface area contributed by atoms with Gasteiger partial charge in [0.15, 0.2) is 5.78 Å². The summed E-state index contributed by atoms with van der Waals surface area (Å²) in [5.41, 5.74) is 2.97. The molecule has 1 aromatic rings. The first-order valence-electron chi connectivity index (χ1n) is 6.95. The molecular weight excluding hydrogens is 252 g/mol. The van der Waals surface area contributed by atoms with E-state index in [2.05, 4.69) is 5.32 Å². The van der Waals surface area contributed by atoms with Crippen molar-refractivity contribution in [3.8, 4) is 0 Å². The number of nitrogens with one attached hydrogen (secondary N) is 1. The van der Waals surface area contributed by atoms with Crippen LogP contribution in [0.15, 0.2) is 18.2 Å². The van der Waals surface area contributed by atoms with Crippen LogP contribution in [0.4, 0.5) is 0 Å². The van der Waals surface area contributed by atoms with E-state index < -0.39 is 0 Å². The van der Waals surface area contributed by atoms with Gasteiger partial charge in [-0.1, -0.05) is 12.1 Å². The minimum Gasteiger partial charge on any atom is -0.355 e. The average Bonchev–Trinajstić information content (AvgIpc) is 2.40. The number of aryl methyl sites for hydroxylation is 2. The molecule has 1 rings (SSSR count). The Bertz CT molecular complexity index is 497. The molecule has 0 aliphatic carbocycles. The van der Waals surface area contributed by atoms with E-state index in [4.69, 9.17) is 0 Å². The topological polar surface area (TPSA) is 49.4 Å². The molecular formula is C16H24N2O2. The third kappa shape index (κ3) is 4.17. The van der Waals surface area contributed by atoms with Crippen molar-refractivity contribution < 1.29 is 9.59 Å². The molecule has 0 saturated carbocycles. The molecule has 1 N–H and O–H groups in total. The van der Waals surface area contributed by atoms with Gasteiger partial charge >= 0.3 is 0 Å². The van der Waals surface area contributed by atoms with Gasteiger partial charge in [-0.05, 0) is 51.9 Å². The highest BCUT2D eigenvalue weighted by molar-refractivity contribution is 6.00. The minimum absolute atomic E-state index is 0.0416. The Hall–Kier alpha value is -1.68. The zero-order valence-electron chi connectivity index (χ0n) is 13.0. The molecule has 1 atom stereocenters. The molecule has 0 bridgehead atoms. The predicted molar refractivity (Wildman–Crippen MR) is 81.0 cm³/mol. The van der Waals surface area contributed by atoms with Gasteiger partial charge in [-0.3, -0.25) is 14.5 Å². The van der Waals surface area contributed by atoms with Gasteiger partial charge < -0.3 is 5.32 Å². The SMILES string of the molecule is CCNC(=O)CN(C)C(C)C(=O)c1ccc(C)c(C)c1. The highest BCUT2D eigenvalue weighted by Gasteiger charge is 2.21. The maximum atomic E-state index is 12.4. The first-order valence-corrected chi connectivity index (χ1v) is 6.95. The number of carbonyl (C=O) groups is 2. The van der Waals surface area contributed by atoms with Crippen LogP contribution in [0.3, 0.4) is 0 Å². The maximum Gasteiger partial charge on any atom is 0.234 e. The zero-order valence-corrected chi connectivity index (χ0v) is 13.0. The van der Waals surface area contributed by atoms with Gasteiger partial charge in [0.25, 0.3) is 0 Å². The molecule has 4 heteroatoms. The van der Waals surface area contributed by atoms with Gasteiger partial charge in [0.05, 0.1) is 12.6 Å². The Balaban J connectivity index is 2.75. The lowest BCUT2D eigenvalue weighted by Gasteiger charge is -2.23. The highest BCUT2D eigenvalue weighted by atomic mass is 16.2. The molecule has 0 fully saturated rings. The number of hydrogen-bond acceptors (Lipinski definition) is 3. The largest absolute Gasteiger partial charge is 0.355 e. The van der Waals surface area contributed by atoms with Crippen molar-refractivity contribution in [1.29, 1.82) is 0 Å². The number of hydrogen-bond donors (Lipinski definition) is 1. The van der Waals surface area contributed by atoms with Crippen molar-refractivity contribution in [3.05, 3.63) is 34.9 Å². The number of rotatable bonds is 6. The number of benzene rings is 1. The number of ketones is 1. The van der Waals surface area contributed by atoms with Crippen molar-refractivity contribution in [3.63, 3.8) is 0 Å². The number of amides is 1. The van der Waals surface area contributed by atoms with Gasteiger partial charge in [-0.2, -0.15) is 0 Å². The number of carbonyl (C=O) groups excluding carboxylic acids is 2.